The minimum atomic E-state index is 1.10. The molecule has 0 amide bonds. The molecule has 11 aromatic rings. The predicted octanol–water partition coefficient (Wildman–Crippen LogP) is 17.0. The Bertz CT molecular complexity index is 3280. The highest BCUT2D eigenvalue weighted by Crippen LogP contribution is 2.50. The van der Waals surface area contributed by atoms with Gasteiger partial charge in [0, 0.05) is 32.4 Å². The Morgan fingerprint density at radius 1 is 0.283 bits per heavy atom. The molecule has 0 fully saturated rings. The molecule has 0 radical (unpaired) electrons. The summed E-state index contributed by atoms with van der Waals surface area (Å²) in [5, 5.41) is 5.02. The van der Waals surface area contributed by atoms with Crippen LogP contribution in [0.1, 0.15) is 0 Å². The van der Waals surface area contributed by atoms with Gasteiger partial charge >= 0.3 is 0 Å². The number of fused-ring (bicyclic) bond motifs is 4. The highest BCUT2D eigenvalue weighted by molar-refractivity contribution is 7.27. The molecule has 0 atom stereocenters. The number of thiophene rings is 1. The summed E-state index contributed by atoms with van der Waals surface area (Å²) in [6.07, 6.45) is 0. The summed E-state index contributed by atoms with van der Waals surface area (Å²) < 4.78 is 2.54. The number of hydrogen-bond acceptors (Lipinski definition) is 2. The molecule has 282 valence electrons. The topological polar surface area (TPSA) is 3.24 Å². The van der Waals surface area contributed by atoms with Crippen LogP contribution in [0.2, 0.25) is 0 Å². The van der Waals surface area contributed by atoms with Crippen LogP contribution >= 0.6 is 11.3 Å². The third kappa shape index (κ3) is 6.44. The van der Waals surface area contributed by atoms with Crippen LogP contribution in [0.5, 0.6) is 0 Å². The Hall–Kier alpha value is -7.52. The standard InChI is InChI=1S/C58H39NS/c1-5-17-42(18-6-1)50-35-34-49(39-54(50)44-21-9-3-10-22-44)59(48-32-30-41(31-33-48)47-29-28-40-16-13-14-25-46(40)38-47)55-27-15-26-52-53-37-36-51(43-19-7-2-8-20-43)56(58(53)60-57(52)55)45-23-11-4-12-24-45/h1-39H. The van der Waals surface area contributed by atoms with Crippen molar-refractivity contribution in [1.29, 1.82) is 0 Å². The first-order chi connectivity index (χ1) is 29.8. The molecule has 10 aromatic carbocycles. The maximum atomic E-state index is 2.46. The molecule has 2 heteroatoms. The average molecular weight is 782 g/mol. The highest BCUT2D eigenvalue weighted by atomic mass is 32.1. The number of hydrogen-bond donors (Lipinski definition) is 0. The van der Waals surface area contributed by atoms with Gasteiger partial charge in [-0.1, -0.05) is 200 Å². The third-order valence-corrected chi connectivity index (χ3v) is 12.9. The molecule has 0 aliphatic carbocycles. The molecule has 1 heterocycles. The highest BCUT2D eigenvalue weighted by Gasteiger charge is 2.22. The number of benzene rings is 10. The summed E-state index contributed by atoms with van der Waals surface area (Å²) in [6, 6.07) is 86.1. The lowest BCUT2D eigenvalue weighted by molar-refractivity contribution is 1.30. The summed E-state index contributed by atoms with van der Waals surface area (Å²) in [5.74, 6) is 0. The molecule has 0 aliphatic rings. The second kappa shape index (κ2) is 15.3. The summed E-state index contributed by atoms with van der Waals surface area (Å²) in [7, 11) is 0. The Kier molecular flexibility index (Phi) is 9.11. The molecule has 11 rings (SSSR count). The molecule has 0 unspecified atom stereocenters. The molecule has 0 spiro atoms. The van der Waals surface area contributed by atoms with E-state index in [4.69, 9.17) is 0 Å². The van der Waals surface area contributed by atoms with Crippen molar-refractivity contribution in [3.8, 4) is 55.6 Å². The molecule has 0 saturated heterocycles. The lowest BCUT2D eigenvalue weighted by Gasteiger charge is -2.27. The van der Waals surface area contributed by atoms with Crippen LogP contribution in [0.25, 0.3) is 86.6 Å². The molecule has 0 aliphatic heterocycles. The molecule has 0 bridgehead atoms. The normalized spacial score (nSPS) is 11.3. The number of anilines is 3. The van der Waals surface area contributed by atoms with Gasteiger partial charge in [0.05, 0.1) is 10.4 Å². The van der Waals surface area contributed by atoms with E-state index < -0.39 is 0 Å². The van der Waals surface area contributed by atoms with Crippen molar-refractivity contribution in [3.63, 3.8) is 0 Å². The SMILES string of the molecule is c1ccc(-c2ccc(N(c3ccc(-c4ccc5ccccc5c4)cc3)c3cccc4c3sc3c(-c5ccccc5)c(-c5ccccc5)ccc34)cc2-c2ccccc2)cc1. The maximum absolute atomic E-state index is 2.46. The second-order valence-corrected chi connectivity index (χ2v) is 16.3. The first-order valence-electron chi connectivity index (χ1n) is 20.5. The quantitative estimate of drug-likeness (QED) is 0.148. The van der Waals surface area contributed by atoms with Gasteiger partial charge < -0.3 is 4.90 Å². The molecular weight excluding hydrogens is 743 g/mol. The van der Waals surface area contributed by atoms with E-state index in [0.717, 1.165) is 17.1 Å². The molecular formula is C58H39NS. The van der Waals surface area contributed by atoms with Gasteiger partial charge in [-0.15, -0.1) is 11.3 Å². The number of nitrogens with zero attached hydrogens (tertiary/aromatic N) is 1. The monoisotopic (exact) mass is 781 g/mol. The van der Waals surface area contributed by atoms with E-state index in [-0.39, 0.29) is 0 Å². The minimum Gasteiger partial charge on any atom is -0.309 e. The summed E-state index contributed by atoms with van der Waals surface area (Å²) >= 11 is 1.90. The van der Waals surface area contributed by atoms with Crippen molar-refractivity contribution in [2.24, 2.45) is 0 Å². The summed E-state index contributed by atoms with van der Waals surface area (Å²) in [6.45, 7) is 0. The third-order valence-electron chi connectivity index (χ3n) is 11.7. The summed E-state index contributed by atoms with van der Waals surface area (Å²) in [5.41, 5.74) is 15.5. The van der Waals surface area contributed by atoms with Gasteiger partial charge in [-0.05, 0) is 97.2 Å². The van der Waals surface area contributed by atoms with Gasteiger partial charge in [0.1, 0.15) is 0 Å². The molecule has 0 N–H and O–H groups in total. The van der Waals surface area contributed by atoms with Crippen LogP contribution in [-0.4, -0.2) is 0 Å². The van der Waals surface area contributed by atoms with Gasteiger partial charge in [0.15, 0.2) is 0 Å². The average Bonchev–Trinajstić information content (AvgIpc) is 3.72. The molecule has 0 saturated carbocycles. The van der Waals surface area contributed by atoms with E-state index in [0.29, 0.717) is 0 Å². The van der Waals surface area contributed by atoms with Gasteiger partial charge in [-0.25, -0.2) is 0 Å². The Labute approximate surface area is 354 Å². The molecule has 60 heavy (non-hydrogen) atoms. The van der Waals surface area contributed by atoms with E-state index in [1.165, 1.54) is 86.6 Å². The Morgan fingerprint density at radius 3 is 1.50 bits per heavy atom. The first kappa shape index (κ1) is 35.6. The largest absolute Gasteiger partial charge is 0.309 e. The van der Waals surface area contributed by atoms with Gasteiger partial charge in [0.25, 0.3) is 0 Å². The van der Waals surface area contributed by atoms with Gasteiger partial charge in [-0.2, -0.15) is 0 Å². The lowest BCUT2D eigenvalue weighted by Crippen LogP contribution is -2.10. The van der Waals surface area contributed by atoms with Crippen molar-refractivity contribution in [2.75, 3.05) is 4.90 Å². The first-order valence-corrected chi connectivity index (χ1v) is 21.3. The smallest absolute Gasteiger partial charge is 0.0640 e. The van der Waals surface area contributed by atoms with E-state index in [1.54, 1.807) is 0 Å². The van der Waals surface area contributed by atoms with Crippen LogP contribution in [0.3, 0.4) is 0 Å². The van der Waals surface area contributed by atoms with E-state index in [9.17, 15) is 0 Å². The van der Waals surface area contributed by atoms with Crippen LogP contribution in [0.4, 0.5) is 17.1 Å². The van der Waals surface area contributed by atoms with E-state index in [1.807, 2.05) is 11.3 Å². The van der Waals surface area contributed by atoms with Gasteiger partial charge in [0.2, 0.25) is 0 Å². The number of rotatable bonds is 8. The Balaban J connectivity index is 1.14. The second-order valence-electron chi connectivity index (χ2n) is 15.3. The van der Waals surface area contributed by atoms with Gasteiger partial charge in [-0.3, -0.25) is 0 Å². The van der Waals surface area contributed by atoms with Crippen LogP contribution < -0.4 is 4.90 Å². The zero-order valence-corrected chi connectivity index (χ0v) is 33.7. The Morgan fingerprint density at radius 2 is 0.817 bits per heavy atom. The predicted molar refractivity (Wildman–Crippen MR) is 259 cm³/mol. The fourth-order valence-corrected chi connectivity index (χ4v) is 10.1. The fraction of sp³-hybridized carbons (Fsp3) is 0. The minimum absolute atomic E-state index is 1.10. The van der Waals surface area contributed by atoms with Crippen molar-refractivity contribution < 1.29 is 0 Å². The van der Waals surface area contributed by atoms with E-state index in [2.05, 4.69) is 241 Å². The fourth-order valence-electron chi connectivity index (χ4n) is 8.77. The zero-order valence-electron chi connectivity index (χ0n) is 32.9. The van der Waals surface area contributed by atoms with Crippen molar-refractivity contribution in [1.82, 2.24) is 0 Å². The summed E-state index contributed by atoms with van der Waals surface area (Å²) in [4.78, 5) is 2.46. The van der Waals surface area contributed by atoms with Crippen molar-refractivity contribution in [2.45, 2.75) is 0 Å². The van der Waals surface area contributed by atoms with Crippen LogP contribution in [-0.2, 0) is 0 Å². The van der Waals surface area contributed by atoms with Crippen LogP contribution in [0.15, 0.2) is 237 Å². The zero-order chi connectivity index (χ0) is 39.8. The van der Waals surface area contributed by atoms with E-state index >= 15 is 0 Å². The van der Waals surface area contributed by atoms with Crippen LogP contribution in [0, 0.1) is 0 Å². The van der Waals surface area contributed by atoms with Crippen molar-refractivity contribution >= 4 is 59.3 Å². The maximum Gasteiger partial charge on any atom is 0.0640 e. The lowest BCUT2D eigenvalue weighted by atomic mass is 9.92. The molecule has 1 nitrogen and oxygen atoms in total. The molecule has 1 aromatic heterocycles. The van der Waals surface area contributed by atoms with Crippen molar-refractivity contribution in [3.05, 3.63) is 237 Å².